The van der Waals surface area contributed by atoms with Crippen LogP contribution in [-0.2, 0) is 0 Å². The molecule has 3 heterocycles. The van der Waals surface area contributed by atoms with E-state index in [0.717, 1.165) is 31.6 Å². The van der Waals surface area contributed by atoms with Gasteiger partial charge < -0.3 is 4.90 Å². The molecule has 2 aliphatic rings. The first-order chi connectivity index (χ1) is 9.61. The van der Waals surface area contributed by atoms with Gasteiger partial charge >= 0.3 is 6.03 Å². The maximum absolute atomic E-state index is 12.7. The normalized spacial score (nSPS) is 28.7. The van der Waals surface area contributed by atoms with Crippen LogP contribution in [0.3, 0.4) is 0 Å². The fraction of sp³-hybridized carbons (Fsp3) is 0.667. The zero-order chi connectivity index (χ0) is 14.3. The Hall–Kier alpha value is -1.83. The number of fused-ring (bicyclic) bond motifs is 2. The monoisotopic (exact) mass is 272 g/mol. The van der Waals surface area contributed by atoms with Crippen molar-refractivity contribution in [3.05, 3.63) is 18.2 Å². The summed E-state index contributed by atoms with van der Waals surface area (Å²) in [6.45, 7) is 4.54. The van der Waals surface area contributed by atoms with Gasteiger partial charge in [-0.2, -0.15) is 5.26 Å². The standard InChI is InChI=1S/C15H20N4O/c1-10(2)11-7-12-3-4-13(8-11)19(12)15(20)18-6-5-17-14(18)9-16/h5-6,10-13H,3-4,7-8H2,1-2H3. The highest BCUT2D eigenvalue weighted by atomic mass is 16.2. The van der Waals surface area contributed by atoms with Crippen molar-refractivity contribution in [3.8, 4) is 6.07 Å². The first-order valence-electron chi connectivity index (χ1n) is 7.38. The number of carbonyl (C=O) groups excluding carboxylic acids is 1. The van der Waals surface area contributed by atoms with E-state index in [0.29, 0.717) is 18.0 Å². The number of nitrogens with zero attached hydrogens (tertiary/aromatic N) is 4. The van der Waals surface area contributed by atoms with Gasteiger partial charge in [-0.3, -0.25) is 0 Å². The molecule has 106 valence electrons. The summed E-state index contributed by atoms with van der Waals surface area (Å²) in [6.07, 6.45) is 7.48. The van der Waals surface area contributed by atoms with E-state index in [1.54, 1.807) is 6.20 Å². The smallest absolute Gasteiger partial charge is 0.318 e. The molecule has 20 heavy (non-hydrogen) atoms. The van der Waals surface area contributed by atoms with Crippen LogP contribution >= 0.6 is 0 Å². The number of hydrogen-bond donors (Lipinski definition) is 0. The van der Waals surface area contributed by atoms with Crippen LogP contribution in [0.1, 0.15) is 45.4 Å². The first kappa shape index (κ1) is 13.2. The van der Waals surface area contributed by atoms with Gasteiger partial charge in [0.05, 0.1) is 0 Å². The molecule has 2 atom stereocenters. The van der Waals surface area contributed by atoms with Crippen LogP contribution in [-0.4, -0.2) is 32.6 Å². The zero-order valence-corrected chi connectivity index (χ0v) is 12.0. The van der Waals surface area contributed by atoms with E-state index in [-0.39, 0.29) is 11.9 Å². The Bertz CT molecular complexity index is 542. The Morgan fingerprint density at radius 2 is 2.05 bits per heavy atom. The highest BCUT2D eigenvalue weighted by Gasteiger charge is 2.44. The largest absolute Gasteiger partial charge is 0.330 e. The molecule has 1 amide bonds. The van der Waals surface area contributed by atoms with Gasteiger partial charge in [-0.1, -0.05) is 13.8 Å². The van der Waals surface area contributed by atoms with Gasteiger partial charge in [-0.15, -0.1) is 0 Å². The fourth-order valence-electron chi connectivity index (χ4n) is 3.74. The van der Waals surface area contributed by atoms with E-state index in [1.165, 1.54) is 10.8 Å². The van der Waals surface area contributed by atoms with Crippen LogP contribution < -0.4 is 0 Å². The van der Waals surface area contributed by atoms with Gasteiger partial charge in [0.2, 0.25) is 5.82 Å². The molecule has 0 spiro atoms. The fourth-order valence-corrected chi connectivity index (χ4v) is 3.74. The second kappa shape index (κ2) is 4.93. The molecule has 0 N–H and O–H groups in total. The van der Waals surface area contributed by atoms with E-state index in [2.05, 4.69) is 18.8 Å². The third-order valence-corrected chi connectivity index (χ3v) is 4.88. The molecule has 0 aliphatic carbocycles. The molecule has 5 heteroatoms. The summed E-state index contributed by atoms with van der Waals surface area (Å²) in [7, 11) is 0. The Labute approximate surface area is 119 Å². The summed E-state index contributed by atoms with van der Waals surface area (Å²) in [5.41, 5.74) is 0. The van der Waals surface area contributed by atoms with Crippen LogP contribution in [0, 0.1) is 23.2 Å². The van der Waals surface area contributed by atoms with E-state index >= 15 is 0 Å². The highest BCUT2D eigenvalue weighted by Crippen LogP contribution is 2.41. The van der Waals surface area contributed by atoms with Crippen LogP contribution in [0.15, 0.2) is 12.4 Å². The summed E-state index contributed by atoms with van der Waals surface area (Å²) in [5, 5.41) is 9.01. The maximum atomic E-state index is 12.7. The minimum absolute atomic E-state index is 0.0752. The quantitative estimate of drug-likeness (QED) is 0.789. The SMILES string of the molecule is CC(C)C1CC2CCC(C1)N2C(=O)n1ccnc1C#N. The Morgan fingerprint density at radius 1 is 1.40 bits per heavy atom. The lowest BCUT2D eigenvalue weighted by molar-refractivity contribution is 0.106. The van der Waals surface area contributed by atoms with Crippen molar-refractivity contribution in [2.75, 3.05) is 0 Å². The summed E-state index contributed by atoms with van der Waals surface area (Å²) in [5.74, 6) is 1.58. The number of rotatable bonds is 1. The van der Waals surface area contributed by atoms with Crippen molar-refractivity contribution in [2.24, 2.45) is 11.8 Å². The molecule has 0 aromatic carbocycles. The van der Waals surface area contributed by atoms with Gasteiger partial charge in [-0.25, -0.2) is 14.3 Å². The Balaban J connectivity index is 1.83. The van der Waals surface area contributed by atoms with Crippen molar-refractivity contribution in [2.45, 2.75) is 51.6 Å². The molecule has 1 aromatic rings. The molecule has 2 aliphatic heterocycles. The molecule has 1 aromatic heterocycles. The number of amides is 1. The number of hydrogen-bond acceptors (Lipinski definition) is 3. The molecule has 3 rings (SSSR count). The van der Waals surface area contributed by atoms with E-state index < -0.39 is 0 Å². The van der Waals surface area contributed by atoms with Crippen LogP contribution in [0.5, 0.6) is 0 Å². The molecule has 2 unspecified atom stereocenters. The molecular weight excluding hydrogens is 252 g/mol. The predicted molar refractivity (Wildman–Crippen MR) is 73.9 cm³/mol. The van der Waals surface area contributed by atoms with Crippen molar-refractivity contribution >= 4 is 6.03 Å². The minimum Gasteiger partial charge on any atom is -0.318 e. The second-order valence-electron chi connectivity index (χ2n) is 6.28. The Morgan fingerprint density at radius 3 is 2.60 bits per heavy atom. The first-order valence-corrected chi connectivity index (χ1v) is 7.38. The molecule has 5 nitrogen and oxygen atoms in total. The number of carbonyl (C=O) groups is 1. The number of imidazole rings is 1. The summed E-state index contributed by atoms with van der Waals surface area (Å²) >= 11 is 0. The molecule has 2 fully saturated rings. The molecule has 2 bridgehead atoms. The van der Waals surface area contributed by atoms with E-state index in [4.69, 9.17) is 5.26 Å². The second-order valence-corrected chi connectivity index (χ2v) is 6.28. The van der Waals surface area contributed by atoms with E-state index in [9.17, 15) is 4.79 Å². The molecule has 0 radical (unpaired) electrons. The van der Waals surface area contributed by atoms with Crippen LogP contribution in [0.4, 0.5) is 4.79 Å². The maximum Gasteiger partial charge on any atom is 0.330 e. The summed E-state index contributed by atoms with van der Waals surface area (Å²) in [6, 6.07) is 2.57. The zero-order valence-electron chi connectivity index (χ0n) is 12.0. The van der Waals surface area contributed by atoms with Crippen LogP contribution in [0.25, 0.3) is 0 Å². The van der Waals surface area contributed by atoms with Crippen molar-refractivity contribution < 1.29 is 4.79 Å². The Kier molecular flexibility index (Phi) is 3.25. The molecule has 2 saturated heterocycles. The number of nitriles is 1. The van der Waals surface area contributed by atoms with Gasteiger partial charge in [0.25, 0.3) is 0 Å². The minimum atomic E-state index is -0.0752. The van der Waals surface area contributed by atoms with Crippen molar-refractivity contribution in [1.82, 2.24) is 14.5 Å². The van der Waals surface area contributed by atoms with Gasteiger partial charge in [0.1, 0.15) is 6.07 Å². The summed E-state index contributed by atoms with van der Waals surface area (Å²) in [4.78, 5) is 18.6. The number of aromatic nitrogens is 2. The lowest BCUT2D eigenvalue weighted by Gasteiger charge is -2.40. The lowest BCUT2D eigenvalue weighted by Crippen LogP contribution is -2.49. The van der Waals surface area contributed by atoms with Crippen molar-refractivity contribution in [1.29, 1.82) is 5.26 Å². The van der Waals surface area contributed by atoms with E-state index in [1.807, 2.05) is 11.0 Å². The van der Waals surface area contributed by atoms with Crippen LogP contribution in [0.2, 0.25) is 0 Å². The summed E-state index contributed by atoms with van der Waals surface area (Å²) < 4.78 is 1.39. The third kappa shape index (κ3) is 2.00. The van der Waals surface area contributed by atoms with Gasteiger partial charge in [0.15, 0.2) is 0 Å². The highest BCUT2D eigenvalue weighted by molar-refractivity contribution is 5.79. The average Bonchev–Trinajstić information content (AvgIpc) is 3.00. The third-order valence-electron chi connectivity index (χ3n) is 4.88. The lowest BCUT2D eigenvalue weighted by atomic mass is 9.83. The van der Waals surface area contributed by atoms with Crippen molar-refractivity contribution in [3.63, 3.8) is 0 Å². The topological polar surface area (TPSA) is 61.9 Å². The average molecular weight is 272 g/mol. The van der Waals surface area contributed by atoms with Gasteiger partial charge in [0, 0.05) is 24.5 Å². The predicted octanol–water partition coefficient (Wildman–Crippen LogP) is 2.62. The molecule has 0 saturated carbocycles. The number of piperidine rings is 1. The van der Waals surface area contributed by atoms with Gasteiger partial charge in [-0.05, 0) is 37.5 Å². The molecular formula is C15H20N4O.